The summed E-state index contributed by atoms with van der Waals surface area (Å²) >= 11 is 5.79. The molecule has 0 bridgehead atoms. The second kappa shape index (κ2) is 4.99. The lowest BCUT2D eigenvalue weighted by Gasteiger charge is -2.12. The number of dihydropyridines is 1. The Labute approximate surface area is 94.2 Å². The van der Waals surface area contributed by atoms with Crippen LogP contribution in [-0.2, 0) is 11.3 Å². The zero-order chi connectivity index (χ0) is 10.5. The molecule has 1 aromatic carbocycles. The quantitative estimate of drug-likeness (QED) is 0.769. The largest absolute Gasteiger partial charge is 0.493 e. The summed E-state index contributed by atoms with van der Waals surface area (Å²) in [6, 6.07) is 10.1. The number of nitrogens with zero attached hydrogens (tertiary/aromatic N) is 1. The molecule has 0 unspecified atom stereocenters. The number of rotatable bonds is 3. The Morgan fingerprint density at radius 1 is 1.27 bits per heavy atom. The van der Waals surface area contributed by atoms with Crippen LogP contribution in [0.2, 0.25) is 0 Å². The van der Waals surface area contributed by atoms with Gasteiger partial charge in [0.1, 0.15) is 17.5 Å². The maximum absolute atomic E-state index is 5.79. The van der Waals surface area contributed by atoms with Crippen LogP contribution in [0.5, 0.6) is 0 Å². The first kappa shape index (κ1) is 10.2. The topological polar surface area (TPSA) is 21.6 Å². The van der Waals surface area contributed by atoms with Gasteiger partial charge in [0.05, 0.1) is 0 Å². The Morgan fingerprint density at radius 3 is 2.80 bits per heavy atom. The molecular weight excluding hydrogens is 210 g/mol. The fourth-order valence-corrected chi connectivity index (χ4v) is 1.59. The molecule has 3 heteroatoms. The summed E-state index contributed by atoms with van der Waals surface area (Å²) < 4.78 is 5.64. The predicted molar refractivity (Wildman–Crippen MR) is 62.1 cm³/mol. The van der Waals surface area contributed by atoms with Crippen molar-refractivity contribution in [1.82, 2.24) is 0 Å². The summed E-state index contributed by atoms with van der Waals surface area (Å²) in [7, 11) is 0. The van der Waals surface area contributed by atoms with Crippen LogP contribution in [0.3, 0.4) is 0 Å². The number of allylic oxidation sites excluding steroid dienone is 1. The molecule has 2 rings (SSSR count). The molecule has 0 spiro atoms. The Hall–Kier alpha value is -1.28. The van der Waals surface area contributed by atoms with Gasteiger partial charge in [0.2, 0.25) is 0 Å². The van der Waals surface area contributed by atoms with Gasteiger partial charge in [0.25, 0.3) is 0 Å². The van der Waals surface area contributed by atoms with Gasteiger partial charge in [-0.3, -0.25) is 4.99 Å². The smallest absolute Gasteiger partial charge is 0.126 e. The minimum absolute atomic E-state index is 0.532. The van der Waals surface area contributed by atoms with Gasteiger partial charge in [0, 0.05) is 19.0 Å². The Bertz CT molecular complexity index is 384. The molecule has 1 aromatic rings. The molecule has 78 valence electrons. The van der Waals surface area contributed by atoms with Gasteiger partial charge in [-0.1, -0.05) is 41.9 Å². The fraction of sp³-hybridized carbons (Fsp3) is 0.250. The van der Waals surface area contributed by atoms with Gasteiger partial charge in [-0.05, 0) is 5.56 Å². The van der Waals surface area contributed by atoms with Crippen LogP contribution in [0, 0.1) is 0 Å². The molecule has 15 heavy (non-hydrogen) atoms. The highest BCUT2D eigenvalue weighted by molar-refractivity contribution is 6.68. The van der Waals surface area contributed by atoms with E-state index in [1.807, 2.05) is 30.3 Å². The molecule has 1 aliphatic heterocycles. The van der Waals surface area contributed by atoms with Crippen LogP contribution >= 0.6 is 11.6 Å². The highest BCUT2D eigenvalue weighted by Gasteiger charge is 2.05. The van der Waals surface area contributed by atoms with Gasteiger partial charge in [-0.2, -0.15) is 0 Å². The lowest BCUT2D eigenvalue weighted by atomic mass is 10.2. The van der Waals surface area contributed by atoms with Gasteiger partial charge in [0.15, 0.2) is 0 Å². The SMILES string of the molecule is ClC1=NCCC(OCc2ccccc2)=C1. The lowest BCUT2D eigenvalue weighted by molar-refractivity contribution is 0.190. The van der Waals surface area contributed by atoms with E-state index in [2.05, 4.69) is 4.99 Å². The third-order valence-corrected chi connectivity index (χ3v) is 2.40. The maximum Gasteiger partial charge on any atom is 0.126 e. The first-order valence-corrected chi connectivity index (χ1v) is 5.29. The van der Waals surface area contributed by atoms with E-state index in [-0.39, 0.29) is 0 Å². The molecule has 1 heterocycles. The third-order valence-electron chi connectivity index (χ3n) is 2.17. The number of hydrogen-bond donors (Lipinski definition) is 0. The molecule has 0 amide bonds. The fourth-order valence-electron chi connectivity index (χ4n) is 1.39. The van der Waals surface area contributed by atoms with E-state index in [0.29, 0.717) is 11.8 Å². The van der Waals surface area contributed by atoms with Crippen molar-refractivity contribution < 1.29 is 4.74 Å². The van der Waals surface area contributed by atoms with E-state index in [1.165, 1.54) is 0 Å². The van der Waals surface area contributed by atoms with Crippen molar-refractivity contribution in [3.05, 3.63) is 47.7 Å². The number of halogens is 1. The summed E-state index contributed by atoms with van der Waals surface area (Å²) in [6.45, 7) is 1.32. The van der Waals surface area contributed by atoms with Gasteiger partial charge < -0.3 is 4.74 Å². The summed E-state index contributed by atoms with van der Waals surface area (Å²) in [5, 5.41) is 0.532. The second-order valence-electron chi connectivity index (χ2n) is 3.34. The zero-order valence-electron chi connectivity index (χ0n) is 8.32. The number of benzene rings is 1. The van der Waals surface area contributed by atoms with Gasteiger partial charge >= 0.3 is 0 Å². The second-order valence-corrected chi connectivity index (χ2v) is 3.73. The molecule has 0 atom stereocenters. The minimum atomic E-state index is 0.532. The van der Waals surface area contributed by atoms with E-state index in [9.17, 15) is 0 Å². The van der Waals surface area contributed by atoms with E-state index in [1.54, 1.807) is 6.08 Å². The van der Waals surface area contributed by atoms with Crippen molar-refractivity contribution in [1.29, 1.82) is 0 Å². The highest BCUT2D eigenvalue weighted by atomic mass is 35.5. The Kier molecular flexibility index (Phi) is 3.41. The molecule has 2 nitrogen and oxygen atoms in total. The number of aliphatic imine (C=N–C) groups is 1. The molecule has 1 aliphatic rings. The van der Waals surface area contributed by atoms with Crippen molar-refractivity contribution >= 4 is 16.8 Å². The normalized spacial score (nSPS) is 15.5. The first-order chi connectivity index (χ1) is 7.34. The van der Waals surface area contributed by atoms with Crippen LogP contribution in [0.25, 0.3) is 0 Å². The molecular formula is C12H12ClNO. The molecule has 0 aromatic heterocycles. The molecule has 0 radical (unpaired) electrons. The lowest BCUT2D eigenvalue weighted by Crippen LogP contribution is -2.03. The van der Waals surface area contributed by atoms with Gasteiger partial charge in [-0.25, -0.2) is 0 Å². The van der Waals surface area contributed by atoms with E-state index in [0.717, 1.165) is 24.3 Å². The molecule has 0 saturated heterocycles. The van der Waals surface area contributed by atoms with Crippen LogP contribution in [0.1, 0.15) is 12.0 Å². The molecule has 0 fully saturated rings. The number of hydrogen-bond acceptors (Lipinski definition) is 2. The Balaban J connectivity index is 1.91. The standard InChI is InChI=1S/C12H12ClNO/c13-12-8-11(6-7-14-12)15-9-10-4-2-1-3-5-10/h1-5,8H,6-7,9H2. The molecule has 0 aliphatic carbocycles. The van der Waals surface area contributed by atoms with Crippen LogP contribution in [0.4, 0.5) is 0 Å². The van der Waals surface area contributed by atoms with Crippen LogP contribution in [-0.4, -0.2) is 11.7 Å². The maximum atomic E-state index is 5.79. The minimum Gasteiger partial charge on any atom is -0.493 e. The van der Waals surface area contributed by atoms with Crippen LogP contribution in [0.15, 0.2) is 47.2 Å². The van der Waals surface area contributed by atoms with Crippen molar-refractivity contribution in [3.8, 4) is 0 Å². The van der Waals surface area contributed by atoms with Crippen molar-refractivity contribution in [2.24, 2.45) is 4.99 Å². The van der Waals surface area contributed by atoms with E-state index < -0.39 is 0 Å². The van der Waals surface area contributed by atoms with E-state index in [4.69, 9.17) is 16.3 Å². The summed E-state index contributed by atoms with van der Waals surface area (Å²) in [6.07, 6.45) is 2.62. The third kappa shape index (κ3) is 3.10. The average molecular weight is 222 g/mol. The highest BCUT2D eigenvalue weighted by Crippen LogP contribution is 2.13. The zero-order valence-corrected chi connectivity index (χ0v) is 9.07. The van der Waals surface area contributed by atoms with Gasteiger partial charge in [-0.15, -0.1) is 0 Å². The predicted octanol–water partition coefficient (Wildman–Crippen LogP) is 3.13. The van der Waals surface area contributed by atoms with Crippen molar-refractivity contribution in [2.75, 3.05) is 6.54 Å². The number of ether oxygens (including phenoxy) is 1. The van der Waals surface area contributed by atoms with Crippen molar-refractivity contribution in [2.45, 2.75) is 13.0 Å². The Morgan fingerprint density at radius 2 is 2.07 bits per heavy atom. The van der Waals surface area contributed by atoms with Crippen LogP contribution < -0.4 is 0 Å². The summed E-state index contributed by atoms with van der Waals surface area (Å²) in [5.74, 6) is 0.916. The molecule has 0 N–H and O–H groups in total. The molecule has 0 saturated carbocycles. The average Bonchev–Trinajstić information content (AvgIpc) is 2.28. The monoisotopic (exact) mass is 221 g/mol. The summed E-state index contributed by atoms with van der Waals surface area (Å²) in [5.41, 5.74) is 1.16. The summed E-state index contributed by atoms with van der Waals surface area (Å²) in [4.78, 5) is 4.06. The van der Waals surface area contributed by atoms with Crippen molar-refractivity contribution in [3.63, 3.8) is 0 Å². The first-order valence-electron chi connectivity index (χ1n) is 4.92. The van der Waals surface area contributed by atoms with E-state index >= 15 is 0 Å².